The second-order valence-corrected chi connectivity index (χ2v) is 6.63. The van der Waals surface area contributed by atoms with Crippen molar-refractivity contribution in [2.24, 2.45) is 0 Å². The molecule has 0 aliphatic heterocycles. The van der Waals surface area contributed by atoms with Crippen LogP contribution in [0.15, 0.2) is 70.8 Å². The minimum atomic E-state index is -0.410. The van der Waals surface area contributed by atoms with E-state index in [1.54, 1.807) is 36.9 Å². The fraction of sp³-hybridized carbons (Fsp3) is 0.100. The molecule has 0 aliphatic carbocycles. The first kappa shape index (κ1) is 19.0. The van der Waals surface area contributed by atoms with Crippen LogP contribution in [-0.2, 0) is 13.1 Å². The largest absolute Gasteiger partial charge is 0.383 e. The molecule has 4 aromatic heterocycles. The summed E-state index contributed by atoms with van der Waals surface area (Å²) in [5.41, 5.74) is 13.3. The lowest BCUT2D eigenvalue weighted by atomic mass is 10.2. The normalized spacial score (nSPS) is 10.8. The van der Waals surface area contributed by atoms with Crippen molar-refractivity contribution >= 4 is 11.6 Å². The van der Waals surface area contributed by atoms with E-state index in [1.807, 2.05) is 24.3 Å². The van der Waals surface area contributed by atoms with Crippen molar-refractivity contribution in [2.75, 3.05) is 11.5 Å². The first-order chi connectivity index (χ1) is 14.5. The van der Waals surface area contributed by atoms with Crippen LogP contribution < -0.4 is 22.8 Å². The third-order valence-electron chi connectivity index (χ3n) is 4.41. The lowest BCUT2D eigenvalue weighted by Crippen LogP contribution is -2.23. The number of nitrogen functional groups attached to an aromatic ring is 2. The van der Waals surface area contributed by atoms with E-state index in [-0.39, 0.29) is 11.6 Å². The molecule has 4 N–H and O–H groups in total. The SMILES string of the molecule is Nc1ccn(Cc2ccc(-c3ccc(Cn4ccc(N)nc4=O)cn3)nc2)c(=O)n1. The summed E-state index contributed by atoms with van der Waals surface area (Å²) >= 11 is 0. The highest BCUT2D eigenvalue weighted by Crippen LogP contribution is 2.15. The zero-order valence-electron chi connectivity index (χ0n) is 15.8. The van der Waals surface area contributed by atoms with E-state index >= 15 is 0 Å². The molecule has 0 radical (unpaired) electrons. The summed E-state index contributed by atoms with van der Waals surface area (Å²) < 4.78 is 2.90. The standard InChI is InChI=1S/C20H18N8O2/c21-17-5-7-27(19(29)25-17)11-13-1-3-15(23-9-13)16-4-2-14(10-24-16)12-28-8-6-18(22)26-20(28)30/h1-10H,11-12H2,(H2,21,25,29)(H2,22,26,30). The summed E-state index contributed by atoms with van der Waals surface area (Å²) in [5.74, 6) is 0.383. The molecule has 10 heteroatoms. The van der Waals surface area contributed by atoms with Crippen molar-refractivity contribution in [3.05, 3.63) is 93.3 Å². The second kappa shape index (κ2) is 7.95. The first-order valence-corrected chi connectivity index (χ1v) is 9.04. The molecule has 0 atom stereocenters. The molecule has 0 bridgehead atoms. The third kappa shape index (κ3) is 4.22. The molecular weight excluding hydrogens is 384 g/mol. The molecule has 4 aromatic rings. The van der Waals surface area contributed by atoms with E-state index in [2.05, 4.69) is 19.9 Å². The fourth-order valence-corrected chi connectivity index (χ4v) is 2.86. The van der Waals surface area contributed by atoms with Crippen LogP contribution >= 0.6 is 0 Å². The van der Waals surface area contributed by atoms with Gasteiger partial charge in [0, 0.05) is 24.8 Å². The van der Waals surface area contributed by atoms with Gasteiger partial charge >= 0.3 is 11.4 Å². The topological polar surface area (TPSA) is 148 Å². The minimum Gasteiger partial charge on any atom is -0.383 e. The fourth-order valence-electron chi connectivity index (χ4n) is 2.86. The molecule has 10 nitrogen and oxygen atoms in total. The number of aromatic nitrogens is 6. The van der Waals surface area contributed by atoms with Crippen molar-refractivity contribution in [1.29, 1.82) is 0 Å². The lowest BCUT2D eigenvalue weighted by Gasteiger charge is -2.07. The molecule has 4 heterocycles. The highest BCUT2D eigenvalue weighted by Gasteiger charge is 2.05. The zero-order valence-corrected chi connectivity index (χ0v) is 15.8. The number of nitrogens with two attached hydrogens (primary N) is 2. The molecule has 0 spiro atoms. The maximum Gasteiger partial charge on any atom is 0.349 e. The van der Waals surface area contributed by atoms with Crippen LogP contribution in [0.5, 0.6) is 0 Å². The maximum absolute atomic E-state index is 11.8. The van der Waals surface area contributed by atoms with Crippen LogP contribution in [0.25, 0.3) is 11.4 Å². The average molecular weight is 402 g/mol. The van der Waals surface area contributed by atoms with Gasteiger partial charge in [-0.05, 0) is 35.4 Å². The van der Waals surface area contributed by atoms with Gasteiger partial charge in [-0.25, -0.2) is 9.59 Å². The molecule has 4 rings (SSSR count). The second-order valence-electron chi connectivity index (χ2n) is 6.63. The van der Waals surface area contributed by atoms with E-state index in [0.717, 1.165) is 11.1 Å². The maximum atomic E-state index is 11.8. The molecule has 0 fully saturated rings. The molecule has 0 aliphatic rings. The summed E-state index contributed by atoms with van der Waals surface area (Å²) in [7, 11) is 0. The Labute approximate surface area is 170 Å². The molecule has 0 saturated heterocycles. The van der Waals surface area contributed by atoms with Crippen molar-refractivity contribution in [3.63, 3.8) is 0 Å². The van der Waals surface area contributed by atoms with Gasteiger partial charge in [0.2, 0.25) is 0 Å². The molecule has 0 aromatic carbocycles. The van der Waals surface area contributed by atoms with Crippen molar-refractivity contribution < 1.29 is 0 Å². The van der Waals surface area contributed by atoms with Gasteiger partial charge in [-0.15, -0.1) is 0 Å². The molecule has 150 valence electrons. The van der Waals surface area contributed by atoms with E-state index < -0.39 is 11.4 Å². The van der Waals surface area contributed by atoms with Gasteiger partial charge in [0.1, 0.15) is 11.6 Å². The van der Waals surface area contributed by atoms with E-state index in [9.17, 15) is 9.59 Å². The summed E-state index contributed by atoms with van der Waals surface area (Å²) in [4.78, 5) is 40.0. The zero-order chi connectivity index (χ0) is 21.1. The summed E-state index contributed by atoms with van der Waals surface area (Å²) in [6.07, 6.45) is 6.57. The van der Waals surface area contributed by atoms with Gasteiger partial charge < -0.3 is 11.5 Å². The van der Waals surface area contributed by atoms with Gasteiger partial charge in [0.25, 0.3) is 0 Å². The molecule has 0 unspecified atom stereocenters. The Balaban J connectivity index is 1.47. The van der Waals surface area contributed by atoms with E-state index in [4.69, 9.17) is 11.5 Å². The Bertz CT molecular complexity index is 1190. The predicted octanol–water partition coefficient (Wildman–Crippen LogP) is 0.518. The highest BCUT2D eigenvalue weighted by molar-refractivity contribution is 5.54. The number of anilines is 2. The van der Waals surface area contributed by atoms with Gasteiger partial charge in [-0.3, -0.25) is 19.1 Å². The van der Waals surface area contributed by atoms with Crippen LogP contribution in [-0.4, -0.2) is 29.1 Å². The van der Waals surface area contributed by atoms with Crippen LogP contribution in [0.2, 0.25) is 0 Å². The summed E-state index contributed by atoms with van der Waals surface area (Å²) in [5, 5.41) is 0. The highest BCUT2D eigenvalue weighted by atomic mass is 16.1. The summed E-state index contributed by atoms with van der Waals surface area (Å²) in [6, 6.07) is 10.6. The molecule has 30 heavy (non-hydrogen) atoms. The predicted molar refractivity (Wildman–Crippen MR) is 111 cm³/mol. The van der Waals surface area contributed by atoms with Crippen LogP contribution in [0.3, 0.4) is 0 Å². The first-order valence-electron chi connectivity index (χ1n) is 9.04. The number of rotatable bonds is 5. The van der Waals surface area contributed by atoms with Crippen LogP contribution in [0.4, 0.5) is 11.6 Å². The van der Waals surface area contributed by atoms with Gasteiger partial charge in [0.05, 0.1) is 24.5 Å². The van der Waals surface area contributed by atoms with Crippen molar-refractivity contribution in [1.82, 2.24) is 29.1 Å². The number of hydrogen-bond acceptors (Lipinski definition) is 8. The van der Waals surface area contributed by atoms with E-state index in [0.29, 0.717) is 24.5 Å². The molecule has 0 saturated carbocycles. The quantitative estimate of drug-likeness (QED) is 0.491. The third-order valence-corrected chi connectivity index (χ3v) is 4.41. The Kier molecular flexibility index (Phi) is 5.04. The lowest BCUT2D eigenvalue weighted by molar-refractivity contribution is 0.726. The smallest absolute Gasteiger partial charge is 0.349 e. The Morgan fingerprint density at radius 2 is 1.10 bits per heavy atom. The molecular formula is C20H18N8O2. The van der Waals surface area contributed by atoms with Crippen molar-refractivity contribution in [3.8, 4) is 11.4 Å². The number of nitrogens with zero attached hydrogens (tertiary/aromatic N) is 6. The van der Waals surface area contributed by atoms with Crippen LogP contribution in [0, 0.1) is 0 Å². The minimum absolute atomic E-state index is 0.191. The number of hydrogen-bond donors (Lipinski definition) is 2. The Morgan fingerprint density at radius 3 is 1.43 bits per heavy atom. The van der Waals surface area contributed by atoms with Gasteiger partial charge in [0.15, 0.2) is 0 Å². The Hall–Kier alpha value is -4.34. The monoisotopic (exact) mass is 402 g/mol. The van der Waals surface area contributed by atoms with Gasteiger partial charge in [-0.1, -0.05) is 12.1 Å². The number of pyridine rings is 2. The van der Waals surface area contributed by atoms with Crippen molar-refractivity contribution in [2.45, 2.75) is 13.1 Å². The average Bonchev–Trinajstić information content (AvgIpc) is 2.73. The van der Waals surface area contributed by atoms with Gasteiger partial charge in [-0.2, -0.15) is 9.97 Å². The Morgan fingerprint density at radius 1 is 0.667 bits per heavy atom. The molecule has 0 amide bonds. The summed E-state index contributed by atoms with van der Waals surface area (Å²) in [6.45, 7) is 0.687. The van der Waals surface area contributed by atoms with Crippen LogP contribution in [0.1, 0.15) is 11.1 Å². The van der Waals surface area contributed by atoms with E-state index in [1.165, 1.54) is 9.13 Å².